The molecule has 0 spiro atoms. The second kappa shape index (κ2) is 14.7. The minimum Gasteiger partial charge on any atom is -0.493 e. The largest absolute Gasteiger partial charge is 0.493 e. The number of para-hydroxylation sites is 1. The summed E-state index contributed by atoms with van der Waals surface area (Å²) < 4.78 is 11.3. The number of aliphatic hydroxyl groups is 1. The Morgan fingerprint density at radius 1 is 1.17 bits per heavy atom. The number of nitrogens with zero attached hydrogens (tertiary/aromatic N) is 2. The van der Waals surface area contributed by atoms with E-state index in [-0.39, 0.29) is 19.5 Å². The number of carbonyl (C=O) groups is 3. The minimum absolute atomic E-state index is 0.0317. The second-order valence-electron chi connectivity index (χ2n) is 11.7. The van der Waals surface area contributed by atoms with Crippen LogP contribution in [0.2, 0.25) is 0 Å². The molecule has 1 saturated heterocycles. The Hall–Kier alpha value is -4.07. The van der Waals surface area contributed by atoms with Crippen molar-refractivity contribution in [2.75, 3.05) is 33.8 Å². The molecule has 2 aromatic rings. The molecule has 0 radical (unpaired) electrons. The lowest BCUT2D eigenvalue weighted by Crippen LogP contribution is -2.58. The number of ether oxygens (including phenoxy) is 2. The summed E-state index contributed by atoms with van der Waals surface area (Å²) in [5, 5.41) is 16.0. The average molecular weight is 579 g/mol. The predicted molar refractivity (Wildman–Crippen MR) is 160 cm³/mol. The number of nitrogens with one attached hydrogen (secondary N) is 2. The van der Waals surface area contributed by atoms with Crippen molar-refractivity contribution in [3.8, 4) is 23.8 Å². The van der Waals surface area contributed by atoms with E-state index in [1.54, 1.807) is 69.3 Å². The van der Waals surface area contributed by atoms with Crippen molar-refractivity contribution in [3.63, 3.8) is 0 Å². The number of carbonyl (C=O) groups excluding carboxylic acids is 3. The Balaban J connectivity index is 1.70. The zero-order valence-corrected chi connectivity index (χ0v) is 25.1. The highest BCUT2D eigenvalue weighted by Gasteiger charge is 2.44. The molecular weight excluding hydrogens is 536 g/mol. The van der Waals surface area contributed by atoms with E-state index in [2.05, 4.69) is 21.5 Å². The van der Waals surface area contributed by atoms with Gasteiger partial charge in [0.2, 0.25) is 11.8 Å². The quantitative estimate of drug-likeness (QED) is 0.277. The first-order valence-corrected chi connectivity index (χ1v) is 14.1. The van der Waals surface area contributed by atoms with Gasteiger partial charge in [-0.1, -0.05) is 51.0 Å². The first kappa shape index (κ1) is 32.4. The highest BCUT2D eigenvalue weighted by molar-refractivity contribution is 5.92. The molecule has 1 aliphatic rings. The van der Waals surface area contributed by atoms with Gasteiger partial charge in [0.1, 0.15) is 23.6 Å². The molecule has 226 valence electrons. The van der Waals surface area contributed by atoms with E-state index in [4.69, 9.17) is 15.9 Å². The van der Waals surface area contributed by atoms with Crippen LogP contribution in [-0.2, 0) is 16.1 Å². The van der Waals surface area contributed by atoms with Gasteiger partial charge in [0, 0.05) is 37.2 Å². The van der Waals surface area contributed by atoms with Crippen molar-refractivity contribution in [3.05, 3.63) is 59.7 Å². The van der Waals surface area contributed by atoms with Crippen LogP contribution >= 0.6 is 0 Å². The van der Waals surface area contributed by atoms with Gasteiger partial charge < -0.3 is 35.0 Å². The second-order valence-corrected chi connectivity index (χ2v) is 11.7. The molecule has 2 aromatic carbocycles. The standard InChI is InChI=1S/C32H42N4O6/c1-7-22-14-15-23(27(18-22)41-17-11-16-35(5)6)20-33-29(38)26-19-24(37)21-36(26)30(39)28(32(2,3)4)34-31(40)42-25-12-9-8-10-13-25/h1,8-10,12-15,18,24,26,28,37H,11,16-17,19-21H2,2-6H3,(H,33,38)(H,34,40)/t24-,26+,28-/m1/s1. The van der Waals surface area contributed by atoms with Gasteiger partial charge in [0.15, 0.2) is 0 Å². The minimum atomic E-state index is -1.01. The number of amides is 3. The molecule has 0 unspecified atom stereocenters. The summed E-state index contributed by atoms with van der Waals surface area (Å²) in [6.45, 7) is 6.88. The zero-order chi connectivity index (χ0) is 30.9. The van der Waals surface area contributed by atoms with Crippen LogP contribution in [0.1, 0.15) is 44.7 Å². The normalized spacial score (nSPS) is 17.3. The maximum atomic E-state index is 13.8. The van der Waals surface area contributed by atoms with E-state index in [9.17, 15) is 19.5 Å². The molecule has 0 bridgehead atoms. The maximum absolute atomic E-state index is 13.8. The lowest BCUT2D eigenvalue weighted by Gasteiger charge is -2.35. The van der Waals surface area contributed by atoms with Gasteiger partial charge in [0.05, 0.1) is 12.7 Å². The van der Waals surface area contributed by atoms with E-state index in [0.29, 0.717) is 23.7 Å². The van der Waals surface area contributed by atoms with Crippen LogP contribution in [0.5, 0.6) is 11.5 Å². The van der Waals surface area contributed by atoms with Gasteiger partial charge in [-0.05, 0) is 50.2 Å². The fourth-order valence-corrected chi connectivity index (χ4v) is 4.65. The lowest BCUT2D eigenvalue weighted by atomic mass is 9.85. The third-order valence-electron chi connectivity index (χ3n) is 6.89. The first-order valence-electron chi connectivity index (χ1n) is 14.1. The van der Waals surface area contributed by atoms with Crippen LogP contribution < -0.4 is 20.1 Å². The summed E-state index contributed by atoms with van der Waals surface area (Å²) in [6, 6.07) is 11.9. The molecule has 1 fully saturated rings. The third kappa shape index (κ3) is 9.23. The number of β-amino-alcohol motifs (C(OH)–C–C–N with tert-alkyl or cyclic N) is 1. The van der Waals surface area contributed by atoms with Crippen LogP contribution in [0.3, 0.4) is 0 Å². The smallest absolute Gasteiger partial charge is 0.413 e. The van der Waals surface area contributed by atoms with Crippen LogP contribution in [0.25, 0.3) is 0 Å². The van der Waals surface area contributed by atoms with Gasteiger partial charge in [-0.25, -0.2) is 4.79 Å². The van der Waals surface area contributed by atoms with Gasteiger partial charge in [-0.15, -0.1) is 6.42 Å². The van der Waals surface area contributed by atoms with Crippen molar-refractivity contribution >= 4 is 17.9 Å². The molecule has 42 heavy (non-hydrogen) atoms. The molecule has 0 saturated carbocycles. The number of aliphatic hydroxyl groups excluding tert-OH is 1. The molecule has 3 rings (SSSR count). The first-order chi connectivity index (χ1) is 19.9. The number of benzene rings is 2. The summed E-state index contributed by atoms with van der Waals surface area (Å²) in [5.74, 6) is 2.62. The molecule has 1 aliphatic heterocycles. The molecule has 0 aliphatic carbocycles. The Bertz CT molecular complexity index is 1270. The van der Waals surface area contributed by atoms with Crippen molar-refractivity contribution in [1.29, 1.82) is 0 Å². The monoisotopic (exact) mass is 578 g/mol. The van der Waals surface area contributed by atoms with E-state index >= 15 is 0 Å². The van der Waals surface area contributed by atoms with Gasteiger partial charge in [-0.2, -0.15) is 0 Å². The average Bonchev–Trinajstić information content (AvgIpc) is 3.34. The number of terminal acetylenes is 1. The van der Waals surface area contributed by atoms with Gasteiger partial charge in [-0.3, -0.25) is 9.59 Å². The number of hydrogen-bond donors (Lipinski definition) is 3. The molecular formula is C32H42N4O6. The SMILES string of the molecule is C#Cc1ccc(CNC(=O)[C@@H]2C[C@@H](O)CN2C(=O)[C@@H](NC(=O)Oc2ccccc2)C(C)(C)C)c(OCCCN(C)C)c1. The molecule has 10 heteroatoms. The topological polar surface area (TPSA) is 120 Å². The maximum Gasteiger partial charge on any atom is 0.413 e. The summed E-state index contributed by atoms with van der Waals surface area (Å²) >= 11 is 0. The van der Waals surface area contributed by atoms with Gasteiger partial charge >= 0.3 is 6.09 Å². The van der Waals surface area contributed by atoms with Crippen molar-refractivity contribution in [2.24, 2.45) is 5.41 Å². The van der Waals surface area contributed by atoms with Crippen molar-refractivity contribution < 1.29 is 29.0 Å². The molecule has 0 aromatic heterocycles. The van der Waals surface area contributed by atoms with Crippen LogP contribution in [-0.4, -0.2) is 84.8 Å². The highest BCUT2D eigenvalue weighted by atomic mass is 16.6. The summed E-state index contributed by atoms with van der Waals surface area (Å²) in [7, 11) is 3.98. The number of likely N-dealkylation sites (tertiary alicyclic amines) is 1. The molecule has 10 nitrogen and oxygen atoms in total. The molecule has 3 N–H and O–H groups in total. The summed E-state index contributed by atoms with van der Waals surface area (Å²) in [6.07, 6.45) is 4.79. The summed E-state index contributed by atoms with van der Waals surface area (Å²) in [5.41, 5.74) is 0.690. The highest BCUT2D eigenvalue weighted by Crippen LogP contribution is 2.27. The fourth-order valence-electron chi connectivity index (χ4n) is 4.65. The number of rotatable bonds is 11. The lowest BCUT2D eigenvalue weighted by molar-refractivity contribution is -0.142. The molecule has 3 amide bonds. The molecule has 3 atom stereocenters. The van der Waals surface area contributed by atoms with Crippen LogP contribution in [0.15, 0.2) is 48.5 Å². The van der Waals surface area contributed by atoms with Crippen molar-refractivity contribution in [2.45, 2.75) is 58.3 Å². The van der Waals surface area contributed by atoms with Gasteiger partial charge in [0.25, 0.3) is 0 Å². The third-order valence-corrected chi connectivity index (χ3v) is 6.89. The van der Waals surface area contributed by atoms with Crippen LogP contribution in [0, 0.1) is 17.8 Å². The Morgan fingerprint density at radius 3 is 2.52 bits per heavy atom. The van der Waals surface area contributed by atoms with Crippen molar-refractivity contribution in [1.82, 2.24) is 20.4 Å². The fraction of sp³-hybridized carbons (Fsp3) is 0.469. The van der Waals surface area contributed by atoms with E-state index in [0.717, 1.165) is 18.5 Å². The Kier molecular flexibility index (Phi) is 11.4. The Morgan fingerprint density at radius 2 is 1.88 bits per heavy atom. The van der Waals surface area contributed by atoms with E-state index in [1.165, 1.54) is 4.90 Å². The predicted octanol–water partition coefficient (Wildman–Crippen LogP) is 2.78. The molecule has 1 heterocycles. The summed E-state index contributed by atoms with van der Waals surface area (Å²) in [4.78, 5) is 43.2. The zero-order valence-electron chi connectivity index (χ0n) is 25.1. The van der Waals surface area contributed by atoms with E-state index < -0.39 is 41.5 Å². The number of hydrogen-bond acceptors (Lipinski definition) is 7. The van der Waals surface area contributed by atoms with E-state index in [1.807, 2.05) is 14.1 Å². The Labute approximate surface area is 248 Å². The van der Waals surface area contributed by atoms with Crippen LogP contribution in [0.4, 0.5) is 4.79 Å².